The summed E-state index contributed by atoms with van der Waals surface area (Å²) in [5.74, 6) is -1.13. The van der Waals surface area contributed by atoms with E-state index in [9.17, 15) is 13.2 Å². The Balaban J connectivity index is 1.77. The first-order valence-corrected chi connectivity index (χ1v) is 7.15. The maximum absolute atomic E-state index is 12.7. The molecule has 0 atom stereocenters. The van der Waals surface area contributed by atoms with Crippen molar-refractivity contribution < 1.29 is 13.2 Å². The summed E-state index contributed by atoms with van der Waals surface area (Å²) in [5, 5.41) is 0. The number of nitrogens with zero attached hydrogens (tertiary/aromatic N) is 1. The first kappa shape index (κ1) is 13.6. The summed E-state index contributed by atoms with van der Waals surface area (Å²) in [7, 11) is 0. The van der Waals surface area contributed by atoms with Crippen LogP contribution in [0.1, 0.15) is 36.9 Å². The molecule has 1 saturated heterocycles. The van der Waals surface area contributed by atoms with Crippen LogP contribution in [-0.2, 0) is 0 Å². The summed E-state index contributed by atoms with van der Waals surface area (Å²) in [5.41, 5.74) is 4.82. The quantitative estimate of drug-likeness (QED) is 0.866. The maximum Gasteiger partial charge on any atom is 0.391 e. The van der Waals surface area contributed by atoms with E-state index in [4.69, 9.17) is 0 Å². The lowest BCUT2D eigenvalue weighted by Crippen LogP contribution is -2.38. The second-order valence-electron chi connectivity index (χ2n) is 5.77. The number of piperidine rings is 1. The lowest BCUT2D eigenvalue weighted by molar-refractivity contribution is -0.183. The van der Waals surface area contributed by atoms with Crippen LogP contribution in [0, 0.1) is 12.8 Å². The van der Waals surface area contributed by atoms with E-state index in [-0.39, 0.29) is 12.8 Å². The van der Waals surface area contributed by atoms with Gasteiger partial charge >= 0.3 is 6.18 Å². The van der Waals surface area contributed by atoms with E-state index >= 15 is 0 Å². The second kappa shape index (κ2) is 4.86. The highest BCUT2D eigenvalue weighted by Crippen LogP contribution is 2.42. The summed E-state index contributed by atoms with van der Waals surface area (Å²) >= 11 is 0. The summed E-state index contributed by atoms with van der Waals surface area (Å²) in [4.78, 5) is 5.32. The molecule has 2 heterocycles. The zero-order valence-electron chi connectivity index (χ0n) is 11.6. The van der Waals surface area contributed by atoms with E-state index in [0.29, 0.717) is 13.1 Å². The van der Waals surface area contributed by atoms with E-state index in [1.165, 1.54) is 11.3 Å². The number of nitrogens with one attached hydrogen (secondary N) is 1. The number of likely N-dealkylation sites (tertiary alicyclic amines) is 1. The largest absolute Gasteiger partial charge is 0.391 e. The van der Waals surface area contributed by atoms with Crippen molar-refractivity contribution in [1.82, 2.24) is 9.88 Å². The van der Waals surface area contributed by atoms with Crippen LogP contribution < -0.4 is 0 Å². The molecule has 0 radical (unpaired) electrons. The van der Waals surface area contributed by atoms with E-state index in [1.54, 1.807) is 0 Å². The van der Waals surface area contributed by atoms with Crippen LogP contribution in [-0.4, -0.2) is 29.1 Å². The minimum Gasteiger partial charge on any atom is -0.371 e. The molecule has 1 aromatic rings. The molecule has 2 nitrogen and oxygen atoms in total. The average Bonchev–Trinajstić information content (AvgIpc) is 3.13. The number of allylic oxidation sites excluding steroid dienone is 1. The van der Waals surface area contributed by atoms with Crippen molar-refractivity contribution in [2.24, 2.45) is 5.92 Å². The van der Waals surface area contributed by atoms with Gasteiger partial charge in [-0.2, -0.15) is 13.2 Å². The number of aromatic amines is 1. The second-order valence-corrected chi connectivity index (χ2v) is 5.77. The summed E-state index contributed by atoms with van der Waals surface area (Å²) in [6.07, 6.45) is 0.449. The Morgan fingerprint density at radius 2 is 1.90 bits per heavy atom. The van der Waals surface area contributed by atoms with Gasteiger partial charge in [0.25, 0.3) is 0 Å². The molecule has 0 spiro atoms. The SMILES string of the molecule is Cc1[nH]ccc1C(=C1CC1)N1CCC(C(F)(F)F)CC1. The van der Waals surface area contributed by atoms with Gasteiger partial charge in [0.15, 0.2) is 0 Å². The van der Waals surface area contributed by atoms with Crippen molar-refractivity contribution in [2.45, 2.75) is 38.8 Å². The standard InChI is InChI=1S/C15H19F3N2/c1-10-13(4-7-19-10)14(11-2-3-11)20-8-5-12(6-9-20)15(16,17)18/h4,7,12,19H,2-3,5-6,8-9H2,1H3. The average molecular weight is 284 g/mol. The molecular formula is C15H19F3N2. The Labute approximate surface area is 116 Å². The minimum absolute atomic E-state index is 0.212. The number of alkyl halides is 3. The van der Waals surface area contributed by atoms with Crippen LogP contribution in [0.3, 0.4) is 0 Å². The van der Waals surface area contributed by atoms with Gasteiger partial charge < -0.3 is 9.88 Å². The van der Waals surface area contributed by atoms with Crippen molar-refractivity contribution in [3.8, 4) is 0 Å². The zero-order chi connectivity index (χ0) is 14.3. The monoisotopic (exact) mass is 284 g/mol. The van der Waals surface area contributed by atoms with E-state index < -0.39 is 12.1 Å². The molecule has 5 heteroatoms. The molecular weight excluding hydrogens is 265 g/mol. The predicted molar refractivity (Wildman–Crippen MR) is 72.0 cm³/mol. The zero-order valence-corrected chi connectivity index (χ0v) is 11.6. The minimum atomic E-state index is -4.04. The van der Waals surface area contributed by atoms with E-state index in [1.807, 2.05) is 19.2 Å². The van der Waals surface area contributed by atoms with Gasteiger partial charge in [-0.05, 0) is 44.2 Å². The fourth-order valence-electron chi connectivity index (χ4n) is 3.02. The number of hydrogen-bond donors (Lipinski definition) is 1. The van der Waals surface area contributed by atoms with Gasteiger partial charge in [0, 0.05) is 36.2 Å². The van der Waals surface area contributed by atoms with Crippen molar-refractivity contribution >= 4 is 5.70 Å². The molecule has 0 unspecified atom stereocenters. The molecule has 0 aromatic carbocycles. The summed E-state index contributed by atoms with van der Waals surface area (Å²) < 4.78 is 38.2. The lowest BCUT2D eigenvalue weighted by Gasteiger charge is -2.36. The molecule has 0 amide bonds. The highest BCUT2D eigenvalue weighted by Gasteiger charge is 2.41. The summed E-state index contributed by atoms with van der Waals surface area (Å²) in [6.45, 7) is 3.03. The van der Waals surface area contributed by atoms with Gasteiger partial charge in [-0.15, -0.1) is 0 Å². The number of hydrogen-bond acceptors (Lipinski definition) is 1. The Morgan fingerprint density at radius 1 is 1.25 bits per heavy atom. The third-order valence-electron chi connectivity index (χ3n) is 4.32. The molecule has 1 N–H and O–H groups in total. The van der Waals surface area contributed by atoms with Crippen LogP contribution in [0.5, 0.6) is 0 Å². The molecule has 1 saturated carbocycles. The molecule has 1 aliphatic carbocycles. The molecule has 0 bridgehead atoms. The molecule has 3 rings (SSSR count). The number of aromatic nitrogens is 1. The fourth-order valence-corrected chi connectivity index (χ4v) is 3.02. The van der Waals surface area contributed by atoms with Crippen LogP contribution in [0.4, 0.5) is 13.2 Å². The van der Waals surface area contributed by atoms with Crippen molar-refractivity contribution in [2.75, 3.05) is 13.1 Å². The summed E-state index contributed by atoms with van der Waals surface area (Å²) in [6, 6.07) is 2.03. The topological polar surface area (TPSA) is 19.0 Å². The molecule has 1 aliphatic heterocycles. The van der Waals surface area contributed by atoms with Crippen LogP contribution in [0.2, 0.25) is 0 Å². The Kier molecular flexibility index (Phi) is 3.30. The van der Waals surface area contributed by atoms with Crippen LogP contribution >= 0.6 is 0 Å². The van der Waals surface area contributed by atoms with Gasteiger partial charge in [0.05, 0.1) is 5.92 Å². The molecule has 2 aliphatic rings. The van der Waals surface area contributed by atoms with Crippen molar-refractivity contribution in [1.29, 1.82) is 0 Å². The molecule has 110 valence electrons. The highest BCUT2D eigenvalue weighted by molar-refractivity contribution is 5.71. The first-order chi connectivity index (χ1) is 9.47. The normalized spacial score (nSPS) is 20.4. The molecule has 20 heavy (non-hydrogen) atoms. The molecule has 1 aromatic heterocycles. The smallest absolute Gasteiger partial charge is 0.371 e. The van der Waals surface area contributed by atoms with Crippen molar-refractivity contribution in [3.05, 3.63) is 29.1 Å². The first-order valence-electron chi connectivity index (χ1n) is 7.15. The highest BCUT2D eigenvalue weighted by atomic mass is 19.4. The Bertz CT molecular complexity index is 513. The van der Waals surface area contributed by atoms with Crippen LogP contribution in [0.15, 0.2) is 17.8 Å². The van der Waals surface area contributed by atoms with E-state index in [2.05, 4.69) is 9.88 Å². The van der Waals surface area contributed by atoms with E-state index in [0.717, 1.165) is 24.1 Å². The van der Waals surface area contributed by atoms with Gasteiger partial charge in [-0.25, -0.2) is 0 Å². The number of H-pyrrole nitrogens is 1. The van der Waals surface area contributed by atoms with Gasteiger partial charge in [-0.3, -0.25) is 0 Å². The number of rotatable bonds is 2. The van der Waals surface area contributed by atoms with Crippen LogP contribution in [0.25, 0.3) is 5.70 Å². The van der Waals surface area contributed by atoms with Gasteiger partial charge in [0.1, 0.15) is 0 Å². The third kappa shape index (κ3) is 2.58. The van der Waals surface area contributed by atoms with Crippen molar-refractivity contribution in [3.63, 3.8) is 0 Å². The third-order valence-corrected chi connectivity index (χ3v) is 4.32. The number of halogens is 3. The van der Waals surface area contributed by atoms with Gasteiger partial charge in [0.2, 0.25) is 0 Å². The Hall–Kier alpha value is -1.39. The van der Waals surface area contributed by atoms with Gasteiger partial charge in [-0.1, -0.05) is 0 Å². The maximum atomic E-state index is 12.7. The lowest BCUT2D eigenvalue weighted by atomic mass is 9.95. The fraction of sp³-hybridized carbons (Fsp3) is 0.600. The Morgan fingerprint density at radius 3 is 2.35 bits per heavy atom. The number of aryl methyl sites for hydroxylation is 1. The molecule has 2 fully saturated rings. The predicted octanol–water partition coefficient (Wildman–Crippen LogP) is 4.10.